The molecular formula is C16H27N5OS. The van der Waals surface area contributed by atoms with Crippen LogP contribution >= 0.6 is 11.3 Å². The van der Waals surface area contributed by atoms with Crippen LogP contribution in [-0.2, 0) is 11.3 Å². The summed E-state index contributed by atoms with van der Waals surface area (Å²) in [6.45, 7) is 3.32. The molecule has 0 aromatic carbocycles. The molecule has 1 aliphatic rings. The second-order valence-electron chi connectivity index (χ2n) is 6.31. The summed E-state index contributed by atoms with van der Waals surface area (Å²) in [6.07, 6.45) is 6.01. The molecule has 6 nitrogen and oxygen atoms in total. The zero-order valence-corrected chi connectivity index (χ0v) is 15.3. The van der Waals surface area contributed by atoms with Crippen LogP contribution in [0.5, 0.6) is 0 Å². The minimum absolute atomic E-state index is 0.219. The van der Waals surface area contributed by atoms with E-state index in [1.165, 1.54) is 4.88 Å². The maximum atomic E-state index is 12.6. The molecule has 1 aromatic rings. The highest BCUT2D eigenvalue weighted by Gasteiger charge is 2.42. The largest absolute Gasteiger partial charge is 0.355 e. The van der Waals surface area contributed by atoms with Gasteiger partial charge in [0, 0.05) is 38.8 Å². The zero-order valence-electron chi connectivity index (χ0n) is 14.5. The Morgan fingerprint density at radius 1 is 1.39 bits per heavy atom. The lowest BCUT2D eigenvalue weighted by molar-refractivity contribution is -0.138. The van der Waals surface area contributed by atoms with Gasteiger partial charge in [-0.25, -0.2) is 4.98 Å². The van der Waals surface area contributed by atoms with Crippen molar-refractivity contribution in [3.05, 3.63) is 16.1 Å². The molecule has 1 aliphatic carbocycles. The van der Waals surface area contributed by atoms with Crippen molar-refractivity contribution in [1.29, 1.82) is 0 Å². The van der Waals surface area contributed by atoms with Crippen LogP contribution in [0.1, 0.15) is 35.6 Å². The second kappa shape index (κ2) is 7.77. The van der Waals surface area contributed by atoms with E-state index in [0.29, 0.717) is 13.1 Å². The average Bonchev–Trinajstić information content (AvgIpc) is 3.16. The number of carbonyl (C=O) groups is 1. The summed E-state index contributed by atoms with van der Waals surface area (Å²) in [5, 5.41) is 7.69. The average molecular weight is 337 g/mol. The summed E-state index contributed by atoms with van der Waals surface area (Å²) in [4.78, 5) is 24.0. The number of amides is 1. The van der Waals surface area contributed by atoms with Crippen molar-refractivity contribution in [2.45, 2.75) is 39.2 Å². The van der Waals surface area contributed by atoms with Crippen molar-refractivity contribution in [2.75, 3.05) is 27.7 Å². The normalized spacial score (nSPS) is 17.1. The molecule has 1 heterocycles. The minimum Gasteiger partial charge on any atom is -0.355 e. The fraction of sp³-hybridized carbons (Fsp3) is 0.688. The highest BCUT2D eigenvalue weighted by atomic mass is 32.1. The number of hydrogen-bond acceptors (Lipinski definition) is 4. The SMILES string of the molecule is CN=C(NCc1cnc(C)s1)NCC1(C(=O)N(C)C)CCCC1. The van der Waals surface area contributed by atoms with Gasteiger partial charge in [-0.1, -0.05) is 12.8 Å². The Hall–Kier alpha value is -1.63. The van der Waals surface area contributed by atoms with Crippen LogP contribution in [0.2, 0.25) is 0 Å². The maximum Gasteiger partial charge on any atom is 0.230 e. The van der Waals surface area contributed by atoms with Gasteiger partial charge < -0.3 is 15.5 Å². The van der Waals surface area contributed by atoms with Crippen LogP contribution < -0.4 is 10.6 Å². The number of hydrogen-bond donors (Lipinski definition) is 2. The van der Waals surface area contributed by atoms with Crippen LogP contribution in [0.3, 0.4) is 0 Å². The van der Waals surface area contributed by atoms with Crippen LogP contribution in [0.15, 0.2) is 11.2 Å². The molecule has 7 heteroatoms. The topological polar surface area (TPSA) is 69.6 Å². The van der Waals surface area contributed by atoms with Gasteiger partial charge in [0.1, 0.15) is 0 Å². The Kier molecular flexibility index (Phi) is 5.98. The Morgan fingerprint density at radius 2 is 2.09 bits per heavy atom. The molecule has 0 radical (unpaired) electrons. The molecule has 1 aromatic heterocycles. The lowest BCUT2D eigenvalue weighted by atomic mass is 9.84. The standard InChI is InChI=1S/C16H27N5OS/c1-12-18-9-13(23-12)10-19-15(17-2)20-11-16(7-5-6-8-16)14(22)21(3)4/h9H,5-8,10-11H2,1-4H3,(H2,17,19,20). The fourth-order valence-corrected chi connectivity index (χ4v) is 3.86. The summed E-state index contributed by atoms with van der Waals surface area (Å²) in [7, 11) is 5.42. The lowest BCUT2D eigenvalue weighted by Gasteiger charge is -2.31. The molecule has 128 valence electrons. The molecule has 0 unspecified atom stereocenters. The van der Waals surface area contributed by atoms with Crippen molar-refractivity contribution in [2.24, 2.45) is 10.4 Å². The second-order valence-corrected chi connectivity index (χ2v) is 7.63. The van der Waals surface area contributed by atoms with Crippen LogP contribution in [-0.4, -0.2) is 49.4 Å². The van der Waals surface area contributed by atoms with Crippen molar-refractivity contribution in [3.63, 3.8) is 0 Å². The number of rotatable bonds is 5. The van der Waals surface area contributed by atoms with Crippen molar-refractivity contribution in [1.82, 2.24) is 20.5 Å². The van der Waals surface area contributed by atoms with Gasteiger partial charge in [0.2, 0.25) is 5.91 Å². The Morgan fingerprint density at radius 3 is 2.61 bits per heavy atom. The number of guanidine groups is 1. The van der Waals surface area contributed by atoms with E-state index >= 15 is 0 Å². The predicted octanol–water partition coefficient (Wildman–Crippen LogP) is 1.77. The summed E-state index contributed by atoms with van der Waals surface area (Å²) in [6, 6.07) is 0. The van der Waals surface area contributed by atoms with Crippen molar-refractivity contribution >= 4 is 23.2 Å². The van der Waals surface area contributed by atoms with Crippen molar-refractivity contribution < 1.29 is 4.79 Å². The van der Waals surface area contributed by atoms with E-state index in [1.807, 2.05) is 27.2 Å². The number of carbonyl (C=O) groups excluding carboxylic acids is 1. The van der Waals surface area contributed by atoms with Crippen LogP contribution in [0, 0.1) is 12.3 Å². The van der Waals surface area contributed by atoms with Crippen molar-refractivity contribution in [3.8, 4) is 0 Å². The van der Waals surface area contributed by atoms with Crippen LogP contribution in [0.25, 0.3) is 0 Å². The van der Waals surface area contributed by atoms with Gasteiger partial charge in [-0.2, -0.15) is 0 Å². The Balaban J connectivity index is 1.92. The number of nitrogens with zero attached hydrogens (tertiary/aromatic N) is 3. The first-order valence-electron chi connectivity index (χ1n) is 8.04. The molecule has 1 saturated carbocycles. The van der Waals surface area contributed by atoms with E-state index in [4.69, 9.17) is 0 Å². The van der Waals surface area contributed by atoms with E-state index in [0.717, 1.165) is 36.7 Å². The minimum atomic E-state index is -0.289. The van der Waals surface area contributed by atoms with Gasteiger partial charge in [-0.05, 0) is 19.8 Å². The van der Waals surface area contributed by atoms with Crippen LogP contribution in [0.4, 0.5) is 0 Å². The highest BCUT2D eigenvalue weighted by Crippen LogP contribution is 2.38. The quantitative estimate of drug-likeness (QED) is 0.635. The Bertz CT molecular complexity index is 561. The van der Waals surface area contributed by atoms with Gasteiger partial charge in [0.25, 0.3) is 0 Å². The van der Waals surface area contributed by atoms with E-state index < -0.39 is 0 Å². The van der Waals surface area contributed by atoms with Gasteiger partial charge in [-0.15, -0.1) is 11.3 Å². The molecule has 0 atom stereocenters. The molecule has 0 aliphatic heterocycles. The van der Waals surface area contributed by atoms with Gasteiger partial charge >= 0.3 is 0 Å². The molecular weight excluding hydrogens is 310 g/mol. The predicted molar refractivity (Wildman–Crippen MR) is 94.6 cm³/mol. The Labute approximate surface area is 142 Å². The number of aryl methyl sites for hydroxylation is 1. The first-order chi connectivity index (χ1) is 11.0. The molecule has 0 spiro atoms. The van der Waals surface area contributed by atoms with E-state index in [1.54, 1.807) is 23.3 Å². The third-order valence-electron chi connectivity index (χ3n) is 4.34. The zero-order chi connectivity index (χ0) is 16.9. The smallest absolute Gasteiger partial charge is 0.230 e. The molecule has 2 N–H and O–H groups in total. The summed E-state index contributed by atoms with van der Waals surface area (Å²) in [5.74, 6) is 0.949. The summed E-state index contributed by atoms with van der Waals surface area (Å²) in [5.41, 5.74) is -0.289. The molecule has 23 heavy (non-hydrogen) atoms. The van der Waals surface area contributed by atoms with E-state index in [9.17, 15) is 4.79 Å². The third-order valence-corrected chi connectivity index (χ3v) is 5.25. The van der Waals surface area contributed by atoms with Gasteiger partial charge in [0.05, 0.1) is 17.0 Å². The molecule has 1 fully saturated rings. The number of aliphatic imine (C=N–C) groups is 1. The first-order valence-corrected chi connectivity index (χ1v) is 8.86. The number of thiazole rings is 1. The third kappa shape index (κ3) is 4.43. The number of aromatic nitrogens is 1. The first kappa shape index (κ1) is 17.7. The maximum absolute atomic E-state index is 12.6. The molecule has 1 amide bonds. The number of nitrogens with one attached hydrogen (secondary N) is 2. The molecule has 2 rings (SSSR count). The van der Waals surface area contributed by atoms with Gasteiger partial charge in [-0.3, -0.25) is 9.79 Å². The molecule has 0 saturated heterocycles. The van der Waals surface area contributed by atoms with E-state index in [2.05, 4.69) is 20.6 Å². The summed E-state index contributed by atoms with van der Waals surface area (Å²) >= 11 is 1.67. The van der Waals surface area contributed by atoms with Gasteiger partial charge in [0.15, 0.2) is 5.96 Å². The molecule has 0 bridgehead atoms. The monoisotopic (exact) mass is 337 g/mol. The lowest BCUT2D eigenvalue weighted by Crippen LogP contribution is -2.49. The van der Waals surface area contributed by atoms with E-state index in [-0.39, 0.29) is 11.3 Å². The summed E-state index contributed by atoms with van der Waals surface area (Å²) < 4.78 is 0. The fourth-order valence-electron chi connectivity index (χ4n) is 3.12. The highest BCUT2D eigenvalue weighted by molar-refractivity contribution is 7.11.